The van der Waals surface area contributed by atoms with E-state index in [0.29, 0.717) is 11.3 Å². The van der Waals surface area contributed by atoms with E-state index in [4.69, 9.17) is 4.74 Å². The first-order chi connectivity index (χ1) is 12.4. The molecule has 0 aliphatic rings. The number of carbonyl (C=O) groups excluding carboxylic acids is 3. The van der Waals surface area contributed by atoms with Gasteiger partial charge in [0.2, 0.25) is 0 Å². The zero-order valence-electron chi connectivity index (χ0n) is 15.4. The van der Waals surface area contributed by atoms with Crippen LogP contribution in [0.1, 0.15) is 53.1 Å². The summed E-state index contributed by atoms with van der Waals surface area (Å²) in [5.74, 6) is -1.20. The van der Waals surface area contributed by atoms with Gasteiger partial charge in [0.05, 0.1) is 0 Å². The number of rotatable bonds is 8. The topological polar surface area (TPSA) is 77.4 Å². The second kappa shape index (κ2) is 8.99. The second-order valence-corrected chi connectivity index (χ2v) is 6.21. The first kappa shape index (κ1) is 19.4. The van der Waals surface area contributed by atoms with Gasteiger partial charge >= 0.3 is 5.97 Å². The van der Waals surface area contributed by atoms with Gasteiger partial charge in [-0.05, 0) is 43.5 Å². The Kier molecular flexibility index (Phi) is 6.72. The lowest BCUT2D eigenvalue weighted by molar-refractivity contribution is -0.119. The Bertz CT molecular complexity index is 791. The van der Waals surface area contributed by atoms with E-state index in [0.717, 1.165) is 19.3 Å². The maximum absolute atomic E-state index is 12.1. The molecule has 0 bridgehead atoms. The molecule has 138 valence electrons. The van der Waals surface area contributed by atoms with E-state index in [9.17, 15) is 14.4 Å². The summed E-state index contributed by atoms with van der Waals surface area (Å²) in [6.07, 6.45) is 4.84. The Hall–Kier alpha value is -2.89. The van der Waals surface area contributed by atoms with E-state index in [1.165, 1.54) is 23.1 Å². The highest BCUT2D eigenvalue weighted by Crippen LogP contribution is 2.12. The molecule has 0 saturated carbocycles. The number of esters is 1. The first-order valence-electron chi connectivity index (χ1n) is 8.64. The Labute approximate surface area is 153 Å². The largest absolute Gasteiger partial charge is 0.451 e. The van der Waals surface area contributed by atoms with Crippen molar-refractivity contribution in [2.75, 3.05) is 11.9 Å². The molecule has 0 spiro atoms. The molecule has 0 radical (unpaired) electrons. The quantitative estimate of drug-likeness (QED) is 0.581. The van der Waals surface area contributed by atoms with Crippen molar-refractivity contribution < 1.29 is 19.1 Å². The summed E-state index contributed by atoms with van der Waals surface area (Å²) < 4.78 is 6.54. The van der Waals surface area contributed by atoms with Crippen LogP contribution in [-0.2, 0) is 23.0 Å². The van der Waals surface area contributed by atoms with Crippen LogP contribution in [0.4, 0.5) is 5.69 Å². The van der Waals surface area contributed by atoms with E-state index in [2.05, 4.69) is 12.2 Å². The minimum Gasteiger partial charge on any atom is -0.451 e. The van der Waals surface area contributed by atoms with Gasteiger partial charge in [0.15, 0.2) is 12.4 Å². The van der Waals surface area contributed by atoms with Crippen molar-refractivity contribution in [1.82, 2.24) is 4.57 Å². The van der Waals surface area contributed by atoms with Gasteiger partial charge in [-0.15, -0.1) is 0 Å². The number of ketones is 1. The standard InChI is InChI=1S/C20H24N2O4/c1-4-5-6-15-7-9-17(10-8-15)21-19(24)13-26-20(25)18-11-16(14(2)23)12-22(18)3/h7-12H,4-6,13H2,1-3H3,(H,21,24). The van der Waals surface area contributed by atoms with Crippen LogP contribution in [0.3, 0.4) is 0 Å². The number of carbonyl (C=O) groups is 3. The van der Waals surface area contributed by atoms with Crippen molar-refractivity contribution in [1.29, 1.82) is 0 Å². The van der Waals surface area contributed by atoms with Crippen LogP contribution in [0.25, 0.3) is 0 Å². The molecule has 2 rings (SSSR count). The first-order valence-corrected chi connectivity index (χ1v) is 8.64. The van der Waals surface area contributed by atoms with Crippen LogP contribution in [0.5, 0.6) is 0 Å². The molecule has 6 heteroatoms. The number of hydrogen-bond donors (Lipinski definition) is 1. The third-order valence-electron chi connectivity index (χ3n) is 4.01. The zero-order chi connectivity index (χ0) is 19.1. The minimum atomic E-state index is -0.648. The van der Waals surface area contributed by atoms with Crippen molar-refractivity contribution in [3.8, 4) is 0 Å². The van der Waals surface area contributed by atoms with Crippen molar-refractivity contribution in [3.05, 3.63) is 53.3 Å². The fourth-order valence-corrected chi connectivity index (χ4v) is 2.50. The van der Waals surface area contributed by atoms with Crippen LogP contribution in [0.15, 0.2) is 36.5 Å². The number of ether oxygens (including phenoxy) is 1. The second-order valence-electron chi connectivity index (χ2n) is 6.21. The summed E-state index contributed by atoms with van der Waals surface area (Å²) >= 11 is 0. The molecule has 6 nitrogen and oxygen atoms in total. The molecule has 2 aromatic rings. The van der Waals surface area contributed by atoms with Crippen molar-refractivity contribution in [2.24, 2.45) is 7.05 Å². The Morgan fingerprint density at radius 3 is 2.42 bits per heavy atom. The SMILES string of the molecule is CCCCc1ccc(NC(=O)COC(=O)c2cc(C(C)=O)cn2C)cc1. The van der Waals surface area contributed by atoms with E-state index >= 15 is 0 Å². The molecule has 1 N–H and O–H groups in total. The van der Waals surface area contributed by atoms with Crippen LogP contribution in [0, 0.1) is 0 Å². The summed E-state index contributed by atoms with van der Waals surface area (Å²) in [5, 5.41) is 2.69. The number of benzene rings is 1. The monoisotopic (exact) mass is 356 g/mol. The number of aromatic nitrogens is 1. The van der Waals surface area contributed by atoms with Crippen LogP contribution in [-0.4, -0.2) is 28.8 Å². The van der Waals surface area contributed by atoms with Crippen LogP contribution in [0.2, 0.25) is 0 Å². The zero-order valence-corrected chi connectivity index (χ0v) is 15.4. The number of nitrogens with one attached hydrogen (secondary N) is 1. The summed E-state index contributed by atoms with van der Waals surface area (Å²) in [6.45, 7) is 3.18. The maximum atomic E-state index is 12.1. The molecule has 1 heterocycles. The minimum absolute atomic E-state index is 0.139. The molecule has 26 heavy (non-hydrogen) atoms. The lowest BCUT2D eigenvalue weighted by atomic mass is 10.1. The number of hydrogen-bond acceptors (Lipinski definition) is 4. The third kappa shape index (κ3) is 5.31. The Morgan fingerprint density at radius 2 is 1.85 bits per heavy atom. The molecule has 0 atom stereocenters. The summed E-state index contributed by atoms with van der Waals surface area (Å²) in [5.41, 5.74) is 2.53. The Morgan fingerprint density at radius 1 is 1.15 bits per heavy atom. The van der Waals surface area contributed by atoms with Crippen molar-refractivity contribution in [3.63, 3.8) is 0 Å². The smallest absolute Gasteiger partial charge is 0.355 e. The highest BCUT2D eigenvalue weighted by Gasteiger charge is 2.16. The van der Waals surface area contributed by atoms with Gasteiger partial charge in [-0.3, -0.25) is 9.59 Å². The number of amides is 1. The van der Waals surface area contributed by atoms with E-state index < -0.39 is 18.5 Å². The lowest BCUT2D eigenvalue weighted by Crippen LogP contribution is -2.21. The number of anilines is 1. The maximum Gasteiger partial charge on any atom is 0.355 e. The third-order valence-corrected chi connectivity index (χ3v) is 4.01. The average molecular weight is 356 g/mol. The average Bonchev–Trinajstić information content (AvgIpc) is 3.01. The number of aryl methyl sites for hydroxylation is 2. The van der Waals surface area contributed by atoms with Gasteiger partial charge in [-0.1, -0.05) is 25.5 Å². The molecule has 0 fully saturated rings. The molecular weight excluding hydrogens is 332 g/mol. The van der Waals surface area contributed by atoms with E-state index in [-0.39, 0.29) is 11.5 Å². The lowest BCUT2D eigenvalue weighted by Gasteiger charge is -2.08. The molecule has 0 aliphatic heterocycles. The predicted octanol–water partition coefficient (Wildman–Crippen LogP) is 3.37. The van der Waals surface area contributed by atoms with Gasteiger partial charge < -0.3 is 14.6 Å². The van der Waals surface area contributed by atoms with E-state index in [1.807, 2.05) is 24.3 Å². The van der Waals surface area contributed by atoms with Crippen LogP contribution >= 0.6 is 0 Å². The fourth-order valence-electron chi connectivity index (χ4n) is 2.50. The molecule has 1 amide bonds. The van der Waals surface area contributed by atoms with Gasteiger partial charge in [0.25, 0.3) is 5.91 Å². The molecular formula is C20H24N2O4. The normalized spacial score (nSPS) is 10.4. The summed E-state index contributed by atoms with van der Waals surface area (Å²) in [6, 6.07) is 9.08. The molecule has 0 unspecified atom stereocenters. The van der Waals surface area contributed by atoms with Gasteiger partial charge in [0.1, 0.15) is 5.69 Å². The summed E-state index contributed by atoms with van der Waals surface area (Å²) in [4.78, 5) is 35.4. The fraction of sp³-hybridized carbons (Fsp3) is 0.350. The predicted molar refractivity (Wildman–Crippen MR) is 99.4 cm³/mol. The highest BCUT2D eigenvalue weighted by molar-refractivity contribution is 5.98. The number of unbranched alkanes of at least 4 members (excludes halogenated alkanes) is 1. The Balaban J connectivity index is 1.86. The van der Waals surface area contributed by atoms with E-state index in [1.54, 1.807) is 13.2 Å². The van der Waals surface area contributed by atoms with Crippen molar-refractivity contribution in [2.45, 2.75) is 33.1 Å². The van der Waals surface area contributed by atoms with Crippen molar-refractivity contribution >= 4 is 23.3 Å². The number of nitrogens with zero attached hydrogens (tertiary/aromatic N) is 1. The van der Waals surface area contributed by atoms with Gasteiger partial charge in [-0.25, -0.2) is 4.79 Å². The highest BCUT2D eigenvalue weighted by atomic mass is 16.5. The molecule has 1 aromatic carbocycles. The van der Waals surface area contributed by atoms with Gasteiger partial charge in [0, 0.05) is 24.5 Å². The summed E-state index contributed by atoms with van der Waals surface area (Å²) in [7, 11) is 1.64. The molecule has 1 aromatic heterocycles. The molecule has 0 saturated heterocycles. The number of Topliss-reactive ketones (excluding diaryl/α,β-unsaturated/α-hetero) is 1. The van der Waals surface area contributed by atoms with Gasteiger partial charge in [-0.2, -0.15) is 0 Å². The van der Waals surface area contributed by atoms with Crippen LogP contribution < -0.4 is 5.32 Å². The molecule has 0 aliphatic carbocycles.